The molecule has 0 aliphatic rings. The third-order valence-electron chi connectivity index (χ3n) is 2.61. The Bertz CT molecular complexity index is 580. The van der Waals surface area contributed by atoms with Gasteiger partial charge in [0, 0.05) is 20.7 Å². The van der Waals surface area contributed by atoms with Crippen LogP contribution in [0.5, 0.6) is 0 Å². The summed E-state index contributed by atoms with van der Waals surface area (Å²) in [6, 6.07) is 2.63. The predicted molar refractivity (Wildman–Crippen MR) is 78.6 cm³/mol. The lowest BCUT2D eigenvalue weighted by molar-refractivity contribution is 0.0554. The van der Waals surface area contributed by atoms with E-state index in [2.05, 4.69) is 0 Å². The Morgan fingerprint density at radius 2 is 2.05 bits per heavy atom. The average molecular weight is 343 g/mol. The molecule has 0 amide bonds. The van der Waals surface area contributed by atoms with Gasteiger partial charge in [-0.15, -0.1) is 0 Å². The Balaban J connectivity index is 3.08. The third kappa shape index (κ3) is 3.75. The molecule has 6 nitrogen and oxygen atoms in total. The molecule has 114 valence electrons. The monoisotopic (exact) mass is 342 g/mol. The molecule has 0 radical (unpaired) electrons. The lowest BCUT2D eigenvalue weighted by Crippen LogP contribution is -2.36. The van der Waals surface area contributed by atoms with Crippen LogP contribution in [-0.2, 0) is 14.8 Å². The molecule has 20 heavy (non-hydrogen) atoms. The summed E-state index contributed by atoms with van der Waals surface area (Å²) in [6.45, 7) is -0.106. The molecular formula is C11H16Cl2N2O4S. The number of nitrogen functional groups attached to an aromatic ring is 1. The smallest absolute Gasteiger partial charge is 0.244 e. The highest BCUT2D eigenvalue weighted by atomic mass is 35.5. The lowest BCUT2D eigenvalue weighted by Gasteiger charge is -2.21. The summed E-state index contributed by atoms with van der Waals surface area (Å²) in [5.74, 6) is 0. The van der Waals surface area contributed by atoms with Crippen LogP contribution in [0.3, 0.4) is 0 Å². The maximum absolute atomic E-state index is 12.3. The first-order chi connectivity index (χ1) is 9.21. The summed E-state index contributed by atoms with van der Waals surface area (Å²) in [5.41, 5.74) is 5.61. The molecule has 1 unspecified atom stereocenters. The first-order valence-electron chi connectivity index (χ1n) is 5.58. The Labute approximate surface area is 128 Å². The molecule has 0 spiro atoms. The molecule has 0 aliphatic carbocycles. The van der Waals surface area contributed by atoms with E-state index in [0.29, 0.717) is 0 Å². The molecule has 1 rings (SSSR count). The number of hydrogen-bond donors (Lipinski definition) is 2. The molecule has 0 aliphatic heterocycles. The molecule has 0 saturated carbocycles. The SMILES string of the molecule is COCC(O)CN(C)S(=O)(=O)c1ccc(Cl)c(N)c1Cl. The Hall–Kier alpha value is -0.570. The van der Waals surface area contributed by atoms with Crippen molar-refractivity contribution in [2.24, 2.45) is 0 Å². The van der Waals surface area contributed by atoms with Crippen LogP contribution in [-0.4, -0.2) is 51.2 Å². The number of nitrogens with zero attached hydrogens (tertiary/aromatic N) is 1. The van der Waals surface area contributed by atoms with Gasteiger partial charge in [0.05, 0.1) is 28.4 Å². The Morgan fingerprint density at radius 1 is 1.45 bits per heavy atom. The second-order valence-corrected chi connectivity index (χ2v) is 6.97. The molecular weight excluding hydrogens is 327 g/mol. The zero-order chi connectivity index (χ0) is 15.5. The first kappa shape index (κ1) is 17.5. The second-order valence-electron chi connectivity index (χ2n) is 4.17. The highest BCUT2D eigenvalue weighted by Crippen LogP contribution is 2.34. The van der Waals surface area contributed by atoms with E-state index in [4.69, 9.17) is 33.7 Å². The van der Waals surface area contributed by atoms with E-state index in [0.717, 1.165) is 4.31 Å². The molecule has 0 saturated heterocycles. The van der Waals surface area contributed by atoms with Crippen molar-refractivity contribution in [1.29, 1.82) is 0 Å². The summed E-state index contributed by atoms with van der Waals surface area (Å²) in [4.78, 5) is -0.159. The number of rotatable bonds is 6. The van der Waals surface area contributed by atoms with Gasteiger partial charge in [0.15, 0.2) is 0 Å². The van der Waals surface area contributed by atoms with E-state index in [1.54, 1.807) is 0 Å². The van der Waals surface area contributed by atoms with Gasteiger partial charge in [0.1, 0.15) is 4.90 Å². The second kappa shape index (κ2) is 6.93. The van der Waals surface area contributed by atoms with Gasteiger partial charge in [0.2, 0.25) is 10.0 Å². The molecule has 0 heterocycles. The van der Waals surface area contributed by atoms with Crippen LogP contribution >= 0.6 is 23.2 Å². The van der Waals surface area contributed by atoms with Crippen LogP contribution in [0.1, 0.15) is 0 Å². The van der Waals surface area contributed by atoms with Gasteiger partial charge in [-0.1, -0.05) is 23.2 Å². The number of benzene rings is 1. The minimum absolute atomic E-state index is 0.000230. The van der Waals surface area contributed by atoms with Crippen LogP contribution in [0, 0.1) is 0 Å². The fourth-order valence-corrected chi connectivity index (χ4v) is 3.50. The fraction of sp³-hybridized carbons (Fsp3) is 0.455. The normalized spacial score (nSPS) is 13.7. The van der Waals surface area contributed by atoms with Crippen LogP contribution in [0.25, 0.3) is 0 Å². The number of aliphatic hydroxyl groups excluding tert-OH is 1. The minimum Gasteiger partial charge on any atom is -0.396 e. The first-order valence-corrected chi connectivity index (χ1v) is 7.78. The van der Waals surface area contributed by atoms with E-state index < -0.39 is 16.1 Å². The average Bonchev–Trinajstić information content (AvgIpc) is 2.35. The van der Waals surface area contributed by atoms with Crippen LogP contribution in [0.15, 0.2) is 17.0 Å². The molecule has 1 aromatic carbocycles. The standard InChI is InChI=1S/C11H16Cl2N2O4S/c1-15(5-7(16)6-19-2)20(17,18)9-4-3-8(12)11(14)10(9)13/h3-4,7,16H,5-6,14H2,1-2H3. The minimum atomic E-state index is -3.88. The third-order valence-corrected chi connectivity index (χ3v) is 5.32. The van der Waals surface area contributed by atoms with Gasteiger partial charge in [-0.25, -0.2) is 8.42 Å². The maximum Gasteiger partial charge on any atom is 0.244 e. The van der Waals surface area contributed by atoms with Crippen molar-refractivity contribution in [1.82, 2.24) is 4.31 Å². The van der Waals surface area contributed by atoms with E-state index in [9.17, 15) is 13.5 Å². The number of sulfonamides is 1. The topological polar surface area (TPSA) is 92.9 Å². The number of likely N-dealkylation sites (N-methyl/N-ethyl adjacent to an activating group) is 1. The van der Waals surface area contributed by atoms with Crippen LogP contribution in [0.2, 0.25) is 10.0 Å². The number of ether oxygens (including phenoxy) is 1. The van der Waals surface area contributed by atoms with Crippen molar-refractivity contribution in [3.63, 3.8) is 0 Å². The quantitative estimate of drug-likeness (QED) is 0.757. The van der Waals surface area contributed by atoms with Crippen LogP contribution in [0.4, 0.5) is 5.69 Å². The van der Waals surface area contributed by atoms with Crippen molar-refractivity contribution in [3.05, 3.63) is 22.2 Å². The maximum atomic E-state index is 12.3. The van der Waals surface area contributed by atoms with Crippen molar-refractivity contribution < 1.29 is 18.3 Å². The number of anilines is 1. The van der Waals surface area contributed by atoms with Gasteiger partial charge in [0.25, 0.3) is 0 Å². The van der Waals surface area contributed by atoms with E-state index >= 15 is 0 Å². The lowest BCUT2D eigenvalue weighted by atomic mass is 10.3. The predicted octanol–water partition coefficient (Wildman–Crippen LogP) is 1.20. The van der Waals surface area contributed by atoms with Crippen LogP contribution < -0.4 is 5.73 Å². The molecule has 0 aromatic heterocycles. The summed E-state index contributed by atoms with van der Waals surface area (Å²) >= 11 is 11.7. The fourth-order valence-electron chi connectivity index (χ4n) is 1.56. The molecule has 1 aromatic rings. The zero-order valence-corrected chi connectivity index (χ0v) is 13.3. The Morgan fingerprint density at radius 3 is 2.60 bits per heavy atom. The van der Waals surface area contributed by atoms with Gasteiger partial charge >= 0.3 is 0 Å². The summed E-state index contributed by atoms with van der Waals surface area (Å²) in [7, 11) is -1.14. The largest absolute Gasteiger partial charge is 0.396 e. The highest BCUT2D eigenvalue weighted by Gasteiger charge is 2.26. The number of aliphatic hydroxyl groups is 1. The van der Waals surface area contributed by atoms with Crippen molar-refractivity contribution >= 4 is 38.9 Å². The molecule has 3 N–H and O–H groups in total. The number of halogens is 2. The van der Waals surface area contributed by atoms with Gasteiger partial charge in [-0.05, 0) is 12.1 Å². The van der Waals surface area contributed by atoms with Gasteiger partial charge in [-0.2, -0.15) is 4.31 Å². The number of methoxy groups -OCH3 is 1. The van der Waals surface area contributed by atoms with E-state index in [1.165, 1.54) is 26.3 Å². The van der Waals surface area contributed by atoms with E-state index in [1.807, 2.05) is 0 Å². The molecule has 1 atom stereocenters. The summed E-state index contributed by atoms with van der Waals surface area (Å²) in [6.07, 6.45) is -0.941. The van der Waals surface area contributed by atoms with Gasteiger partial charge in [-0.3, -0.25) is 0 Å². The van der Waals surface area contributed by atoms with Crippen molar-refractivity contribution in [3.8, 4) is 0 Å². The van der Waals surface area contributed by atoms with Gasteiger partial charge < -0.3 is 15.6 Å². The van der Waals surface area contributed by atoms with Crippen molar-refractivity contribution in [2.45, 2.75) is 11.0 Å². The van der Waals surface area contributed by atoms with Crippen molar-refractivity contribution in [2.75, 3.05) is 33.0 Å². The summed E-state index contributed by atoms with van der Waals surface area (Å²) in [5, 5.41) is 9.63. The highest BCUT2D eigenvalue weighted by molar-refractivity contribution is 7.89. The Kier molecular flexibility index (Phi) is 6.06. The van der Waals surface area contributed by atoms with E-state index in [-0.39, 0.29) is 33.8 Å². The summed E-state index contributed by atoms with van der Waals surface area (Å²) < 4.78 is 30.4. The number of nitrogens with two attached hydrogens (primary N) is 1. The number of hydrogen-bond acceptors (Lipinski definition) is 5. The molecule has 0 bridgehead atoms. The molecule has 9 heteroatoms. The zero-order valence-electron chi connectivity index (χ0n) is 11.0. The molecule has 0 fully saturated rings.